The highest BCUT2D eigenvalue weighted by molar-refractivity contribution is 5.86. The third kappa shape index (κ3) is 2.54. The number of benzene rings is 1. The number of aryl methyl sites for hydroxylation is 1. The van der Waals surface area contributed by atoms with Crippen molar-refractivity contribution in [3.63, 3.8) is 0 Å². The first-order chi connectivity index (χ1) is 8.99. The molecule has 0 amide bonds. The molecule has 1 aromatic carbocycles. The molecule has 0 aliphatic heterocycles. The van der Waals surface area contributed by atoms with E-state index in [-0.39, 0.29) is 5.75 Å². The number of fused-ring (bicyclic) bond motifs is 1. The lowest BCUT2D eigenvalue weighted by molar-refractivity contribution is 0.131. The van der Waals surface area contributed by atoms with Crippen LogP contribution in [0.2, 0.25) is 0 Å². The lowest BCUT2D eigenvalue weighted by Gasteiger charge is -2.11. The normalized spacial score (nSPS) is 10.2. The van der Waals surface area contributed by atoms with Crippen LogP contribution in [0.5, 0.6) is 11.6 Å². The van der Waals surface area contributed by atoms with Crippen molar-refractivity contribution in [3.05, 3.63) is 29.8 Å². The third-order valence-corrected chi connectivity index (χ3v) is 2.44. The smallest absolute Gasteiger partial charge is 0.449 e. The number of pyridine rings is 1. The molecule has 2 rings (SSSR count). The highest BCUT2D eigenvalue weighted by Gasteiger charge is 2.19. The molecule has 0 spiro atoms. The maximum Gasteiger partial charge on any atom is 0.512 e. The molecule has 1 heterocycles. The van der Waals surface area contributed by atoms with Crippen LogP contribution in [0.1, 0.15) is 5.56 Å². The molecule has 0 saturated carbocycles. The monoisotopic (exact) mass is 263 g/mol. The average molecular weight is 263 g/mol. The van der Waals surface area contributed by atoms with Gasteiger partial charge < -0.3 is 19.7 Å². The summed E-state index contributed by atoms with van der Waals surface area (Å²) in [6, 6.07) is 6.84. The summed E-state index contributed by atoms with van der Waals surface area (Å²) >= 11 is 0. The van der Waals surface area contributed by atoms with Gasteiger partial charge in [-0.15, -0.1) is 0 Å². The second kappa shape index (κ2) is 4.81. The predicted octanol–water partition coefficient (Wildman–Crippen LogP) is 2.66. The largest absolute Gasteiger partial charge is 0.512 e. The maximum absolute atomic E-state index is 10.6. The Morgan fingerprint density at radius 1 is 1.11 bits per heavy atom. The quantitative estimate of drug-likeness (QED) is 0.802. The molecule has 0 saturated heterocycles. The van der Waals surface area contributed by atoms with Crippen LogP contribution in [0, 0.1) is 6.92 Å². The van der Waals surface area contributed by atoms with E-state index in [0.717, 1.165) is 0 Å². The van der Waals surface area contributed by atoms with E-state index in [4.69, 9.17) is 10.2 Å². The number of para-hydroxylation sites is 1. The van der Waals surface area contributed by atoms with Crippen LogP contribution in [0.15, 0.2) is 24.3 Å². The lowest BCUT2D eigenvalue weighted by atomic mass is 10.1. The van der Waals surface area contributed by atoms with Gasteiger partial charge in [0.25, 0.3) is 5.88 Å². The summed E-state index contributed by atoms with van der Waals surface area (Å²) in [5.41, 5.74) is 0.915. The topological polar surface area (TPSA) is 106 Å². The number of ether oxygens (including phenoxy) is 2. The zero-order chi connectivity index (χ0) is 14.0. The molecule has 0 aliphatic carbocycles. The molecular weight excluding hydrogens is 254 g/mol. The second-order valence-electron chi connectivity index (χ2n) is 3.62. The number of hydrogen-bond acceptors (Lipinski definition) is 5. The minimum Gasteiger partial charge on any atom is -0.449 e. The number of rotatable bonds is 2. The Morgan fingerprint density at radius 3 is 2.37 bits per heavy atom. The first kappa shape index (κ1) is 12.6. The van der Waals surface area contributed by atoms with E-state index < -0.39 is 18.2 Å². The van der Waals surface area contributed by atoms with Gasteiger partial charge in [-0.3, -0.25) is 0 Å². The SMILES string of the molecule is Cc1c(OC(=O)O)c(OC(=O)O)nc2ccccc12. The Morgan fingerprint density at radius 2 is 1.74 bits per heavy atom. The standard InChI is InChI=1S/C12H9NO6/c1-6-7-4-2-3-5-8(7)13-10(19-12(16)17)9(6)18-11(14)15/h2-5H,1H3,(H,14,15)(H,16,17). The summed E-state index contributed by atoms with van der Waals surface area (Å²) in [6.07, 6.45) is -3.17. The second-order valence-corrected chi connectivity index (χ2v) is 3.62. The molecule has 19 heavy (non-hydrogen) atoms. The molecule has 0 atom stereocenters. The van der Waals surface area contributed by atoms with Crippen LogP contribution >= 0.6 is 0 Å². The van der Waals surface area contributed by atoms with Gasteiger partial charge in [0.2, 0.25) is 5.75 Å². The minimum absolute atomic E-state index is 0.228. The molecule has 0 fully saturated rings. The molecule has 0 unspecified atom stereocenters. The Bertz CT molecular complexity index is 667. The Balaban J connectivity index is 2.68. The minimum atomic E-state index is -1.60. The number of hydrogen-bond donors (Lipinski definition) is 2. The Hall–Kier alpha value is -2.83. The van der Waals surface area contributed by atoms with E-state index in [1.165, 1.54) is 0 Å². The van der Waals surface area contributed by atoms with Gasteiger partial charge in [0, 0.05) is 10.9 Å². The van der Waals surface area contributed by atoms with Gasteiger partial charge in [-0.2, -0.15) is 0 Å². The van der Waals surface area contributed by atoms with Crippen molar-refractivity contribution in [3.8, 4) is 11.6 Å². The van der Waals surface area contributed by atoms with Crippen LogP contribution in [0.3, 0.4) is 0 Å². The van der Waals surface area contributed by atoms with E-state index in [1.807, 2.05) is 0 Å². The molecule has 2 aromatic rings. The van der Waals surface area contributed by atoms with Crippen molar-refractivity contribution in [1.82, 2.24) is 4.98 Å². The molecule has 7 nitrogen and oxygen atoms in total. The van der Waals surface area contributed by atoms with Gasteiger partial charge in [-0.1, -0.05) is 18.2 Å². The molecule has 7 heteroatoms. The summed E-state index contributed by atoms with van der Waals surface area (Å²) in [4.78, 5) is 25.2. The average Bonchev–Trinajstić information content (AvgIpc) is 2.33. The fourth-order valence-corrected chi connectivity index (χ4v) is 1.69. The third-order valence-electron chi connectivity index (χ3n) is 2.44. The van der Waals surface area contributed by atoms with Crippen molar-refractivity contribution >= 4 is 23.2 Å². The highest BCUT2D eigenvalue weighted by atomic mass is 16.7. The van der Waals surface area contributed by atoms with E-state index in [9.17, 15) is 9.59 Å². The van der Waals surface area contributed by atoms with E-state index in [2.05, 4.69) is 14.5 Å². The van der Waals surface area contributed by atoms with Gasteiger partial charge in [0.15, 0.2) is 0 Å². The predicted molar refractivity (Wildman–Crippen MR) is 63.8 cm³/mol. The van der Waals surface area contributed by atoms with E-state index >= 15 is 0 Å². The number of carboxylic acid groups (broad SMARTS) is 2. The lowest BCUT2D eigenvalue weighted by Crippen LogP contribution is -2.11. The van der Waals surface area contributed by atoms with Gasteiger partial charge in [0.1, 0.15) is 0 Å². The van der Waals surface area contributed by atoms with Crippen LogP contribution < -0.4 is 9.47 Å². The number of aromatic nitrogens is 1. The summed E-state index contributed by atoms with van der Waals surface area (Å²) in [6.45, 7) is 1.59. The Kier molecular flexibility index (Phi) is 3.19. The van der Waals surface area contributed by atoms with Crippen LogP contribution in [-0.4, -0.2) is 27.5 Å². The summed E-state index contributed by atoms with van der Waals surface area (Å²) in [7, 11) is 0. The molecule has 98 valence electrons. The van der Waals surface area contributed by atoms with Gasteiger partial charge in [-0.25, -0.2) is 14.6 Å². The van der Waals surface area contributed by atoms with E-state index in [0.29, 0.717) is 16.5 Å². The zero-order valence-corrected chi connectivity index (χ0v) is 9.78. The van der Waals surface area contributed by atoms with Gasteiger partial charge in [0.05, 0.1) is 5.52 Å². The molecular formula is C12H9NO6. The van der Waals surface area contributed by atoms with Crippen LogP contribution in [0.4, 0.5) is 9.59 Å². The summed E-state index contributed by atoms with van der Waals surface area (Å²) < 4.78 is 9.00. The van der Waals surface area contributed by atoms with Crippen molar-refractivity contribution in [2.24, 2.45) is 0 Å². The van der Waals surface area contributed by atoms with Crippen molar-refractivity contribution in [1.29, 1.82) is 0 Å². The highest BCUT2D eigenvalue weighted by Crippen LogP contribution is 2.34. The zero-order valence-electron chi connectivity index (χ0n) is 9.78. The Labute approximate surface area is 107 Å². The first-order valence-corrected chi connectivity index (χ1v) is 5.20. The molecule has 0 radical (unpaired) electrons. The van der Waals surface area contributed by atoms with Crippen molar-refractivity contribution in [2.75, 3.05) is 0 Å². The maximum atomic E-state index is 10.6. The summed E-state index contributed by atoms with van der Waals surface area (Å²) in [5.74, 6) is -0.625. The first-order valence-electron chi connectivity index (χ1n) is 5.20. The fourth-order valence-electron chi connectivity index (χ4n) is 1.69. The summed E-state index contributed by atoms with van der Waals surface area (Å²) in [5, 5.41) is 17.9. The van der Waals surface area contributed by atoms with Crippen LogP contribution in [-0.2, 0) is 0 Å². The molecule has 0 aliphatic rings. The molecule has 1 aromatic heterocycles. The van der Waals surface area contributed by atoms with Gasteiger partial charge in [-0.05, 0) is 13.0 Å². The van der Waals surface area contributed by atoms with Gasteiger partial charge >= 0.3 is 12.3 Å². The van der Waals surface area contributed by atoms with Crippen molar-refractivity contribution in [2.45, 2.75) is 6.92 Å². The number of carbonyl (C=O) groups is 2. The van der Waals surface area contributed by atoms with E-state index in [1.54, 1.807) is 31.2 Å². The fraction of sp³-hybridized carbons (Fsp3) is 0.0833. The van der Waals surface area contributed by atoms with Crippen LogP contribution in [0.25, 0.3) is 10.9 Å². The number of nitrogens with zero attached hydrogens (tertiary/aromatic N) is 1. The van der Waals surface area contributed by atoms with Crippen molar-refractivity contribution < 1.29 is 29.3 Å². The molecule has 2 N–H and O–H groups in total. The molecule has 0 bridgehead atoms.